The lowest BCUT2D eigenvalue weighted by Gasteiger charge is -2.12. The Morgan fingerprint density at radius 1 is 0.971 bits per heavy atom. The smallest absolute Gasteiger partial charge is 0.282 e. The molecular formula is C28H22BrN3O2. The van der Waals surface area contributed by atoms with Crippen LogP contribution in [0.1, 0.15) is 22.5 Å². The molecule has 5 aromatic rings. The van der Waals surface area contributed by atoms with Crippen LogP contribution in [0.4, 0.5) is 0 Å². The molecule has 6 heteroatoms. The van der Waals surface area contributed by atoms with E-state index >= 15 is 0 Å². The van der Waals surface area contributed by atoms with Crippen molar-refractivity contribution in [1.82, 2.24) is 9.66 Å². The highest BCUT2D eigenvalue weighted by molar-refractivity contribution is 9.10. The molecule has 1 heterocycles. The van der Waals surface area contributed by atoms with E-state index in [2.05, 4.69) is 57.2 Å². The van der Waals surface area contributed by atoms with E-state index in [0.717, 1.165) is 26.4 Å². The van der Waals surface area contributed by atoms with Crippen LogP contribution in [-0.4, -0.2) is 15.9 Å². The molecule has 1 aromatic heterocycles. The van der Waals surface area contributed by atoms with Crippen molar-refractivity contribution in [3.63, 3.8) is 0 Å². The normalized spacial score (nSPS) is 11.5. The minimum Gasteiger partial charge on any atom is -0.488 e. The van der Waals surface area contributed by atoms with Gasteiger partial charge in [0.25, 0.3) is 5.56 Å². The molecule has 5 rings (SSSR count). The molecule has 0 aliphatic heterocycles. The van der Waals surface area contributed by atoms with E-state index in [1.165, 1.54) is 10.2 Å². The van der Waals surface area contributed by atoms with Gasteiger partial charge in [-0.1, -0.05) is 76.1 Å². The molecule has 0 aliphatic rings. The van der Waals surface area contributed by atoms with Gasteiger partial charge >= 0.3 is 0 Å². The van der Waals surface area contributed by atoms with Crippen LogP contribution in [0.25, 0.3) is 21.7 Å². The second kappa shape index (κ2) is 9.23. The van der Waals surface area contributed by atoms with Gasteiger partial charge in [-0.15, -0.1) is 0 Å². The molecule has 5 nitrogen and oxygen atoms in total. The molecule has 0 bridgehead atoms. The van der Waals surface area contributed by atoms with Crippen LogP contribution in [0.2, 0.25) is 0 Å². The highest BCUT2D eigenvalue weighted by atomic mass is 79.9. The zero-order valence-corrected chi connectivity index (χ0v) is 20.4. The Kier molecular flexibility index (Phi) is 5.99. The number of benzene rings is 4. The first-order chi connectivity index (χ1) is 16.5. The second-order valence-electron chi connectivity index (χ2n) is 8.15. The number of ether oxygens (including phenoxy) is 1. The van der Waals surface area contributed by atoms with Crippen LogP contribution in [0, 0.1) is 13.8 Å². The van der Waals surface area contributed by atoms with Gasteiger partial charge < -0.3 is 4.74 Å². The van der Waals surface area contributed by atoms with Crippen molar-refractivity contribution in [2.45, 2.75) is 20.5 Å². The Hall–Kier alpha value is -3.77. The predicted molar refractivity (Wildman–Crippen MR) is 141 cm³/mol. The van der Waals surface area contributed by atoms with Gasteiger partial charge in [0.1, 0.15) is 18.2 Å². The standard InChI is InChI=1S/C28H22BrN3O2/c1-18-7-9-20(10-8-18)17-34-27-14-11-21-5-3-4-6-23(21)25(27)16-30-32-19(2)31-26-13-12-22(29)15-24(26)28(32)33/h3-16H,17H2,1-2H3. The van der Waals surface area contributed by atoms with Crippen molar-refractivity contribution in [3.05, 3.63) is 116 Å². The highest BCUT2D eigenvalue weighted by Gasteiger charge is 2.11. The Bertz CT molecular complexity index is 1610. The van der Waals surface area contributed by atoms with Gasteiger partial charge in [-0.2, -0.15) is 9.78 Å². The quantitative estimate of drug-likeness (QED) is 0.257. The molecule has 168 valence electrons. The summed E-state index contributed by atoms with van der Waals surface area (Å²) in [5.41, 5.74) is 3.52. The van der Waals surface area contributed by atoms with Gasteiger partial charge in [0, 0.05) is 10.0 Å². The van der Waals surface area contributed by atoms with Crippen LogP contribution < -0.4 is 10.3 Å². The largest absolute Gasteiger partial charge is 0.488 e. The van der Waals surface area contributed by atoms with Crippen molar-refractivity contribution < 1.29 is 4.74 Å². The molecule has 0 fully saturated rings. The van der Waals surface area contributed by atoms with Crippen molar-refractivity contribution in [2.75, 3.05) is 0 Å². The molecule has 0 radical (unpaired) electrons. The van der Waals surface area contributed by atoms with Gasteiger partial charge in [0.2, 0.25) is 0 Å². The number of nitrogens with zero attached hydrogens (tertiary/aromatic N) is 3. The third kappa shape index (κ3) is 4.37. The Morgan fingerprint density at radius 2 is 1.76 bits per heavy atom. The molecule has 0 aliphatic carbocycles. The zero-order chi connectivity index (χ0) is 23.7. The number of halogens is 1. The molecule has 0 saturated carbocycles. The SMILES string of the molecule is Cc1ccc(COc2ccc3ccccc3c2C=Nn2c(C)nc3ccc(Br)cc3c2=O)cc1. The first-order valence-electron chi connectivity index (χ1n) is 10.9. The van der Waals surface area contributed by atoms with Crippen LogP contribution in [0.5, 0.6) is 5.75 Å². The number of aromatic nitrogens is 2. The Labute approximate surface area is 205 Å². The molecule has 34 heavy (non-hydrogen) atoms. The lowest BCUT2D eigenvalue weighted by Crippen LogP contribution is -2.20. The third-order valence-electron chi connectivity index (χ3n) is 5.72. The summed E-state index contributed by atoms with van der Waals surface area (Å²) in [4.78, 5) is 17.7. The van der Waals surface area contributed by atoms with Gasteiger partial charge in [-0.3, -0.25) is 4.79 Å². The number of hydrogen-bond donors (Lipinski definition) is 0. The summed E-state index contributed by atoms with van der Waals surface area (Å²) in [6.45, 7) is 4.27. The predicted octanol–water partition coefficient (Wildman–Crippen LogP) is 6.39. The fourth-order valence-electron chi connectivity index (χ4n) is 3.89. The third-order valence-corrected chi connectivity index (χ3v) is 6.21. The number of rotatable bonds is 5. The fourth-order valence-corrected chi connectivity index (χ4v) is 4.25. The summed E-state index contributed by atoms with van der Waals surface area (Å²) in [5.74, 6) is 1.21. The lowest BCUT2D eigenvalue weighted by atomic mass is 10.0. The van der Waals surface area contributed by atoms with Crippen molar-refractivity contribution >= 4 is 43.8 Å². The summed E-state index contributed by atoms with van der Waals surface area (Å²) in [6.07, 6.45) is 1.69. The molecule has 0 unspecified atom stereocenters. The van der Waals surface area contributed by atoms with E-state index in [1.807, 2.05) is 48.5 Å². The van der Waals surface area contributed by atoms with E-state index in [9.17, 15) is 4.79 Å². The van der Waals surface area contributed by atoms with Gasteiger partial charge in [-0.25, -0.2) is 4.98 Å². The fraction of sp³-hybridized carbons (Fsp3) is 0.107. The molecule has 0 N–H and O–H groups in total. The van der Waals surface area contributed by atoms with Crippen LogP contribution >= 0.6 is 15.9 Å². The molecular weight excluding hydrogens is 490 g/mol. The minimum absolute atomic E-state index is 0.220. The highest BCUT2D eigenvalue weighted by Crippen LogP contribution is 2.27. The van der Waals surface area contributed by atoms with Crippen molar-refractivity contribution in [3.8, 4) is 5.75 Å². The van der Waals surface area contributed by atoms with Crippen molar-refractivity contribution in [1.29, 1.82) is 0 Å². The second-order valence-corrected chi connectivity index (χ2v) is 9.07. The minimum atomic E-state index is -0.220. The number of fused-ring (bicyclic) bond motifs is 2. The monoisotopic (exact) mass is 511 g/mol. The first-order valence-corrected chi connectivity index (χ1v) is 11.7. The number of hydrogen-bond acceptors (Lipinski definition) is 4. The Morgan fingerprint density at radius 3 is 2.59 bits per heavy atom. The lowest BCUT2D eigenvalue weighted by molar-refractivity contribution is 0.306. The summed E-state index contributed by atoms with van der Waals surface area (Å²) in [7, 11) is 0. The van der Waals surface area contributed by atoms with E-state index in [1.54, 1.807) is 19.2 Å². The van der Waals surface area contributed by atoms with Crippen LogP contribution in [0.15, 0.2) is 93.2 Å². The maximum Gasteiger partial charge on any atom is 0.282 e. The van der Waals surface area contributed by atoms with E-state index in [-0.39, 0.29) is 5.56 Å². The average Bonchev–Trinajstić information content (AvgIpc) is 2.84. The molecule has 0 saturated heterocycles. The van der Waals surface area contributed by atoms with Crippen LogP contribution in [-0.2, 0) is 6.61 Å². The van der Waals surface area contributed by atoms with Gasteiger partial charge in [0.15, 0.2) is 0 Å². The van der Waals surface area contributed by atoms with Crippen LogP contribution in [0.3, 0.4) is 0 Å². The maximum atomic E-state index is 13.2. The first kappa shape index (κ1) is 22.0. The average molecular weight is 512 g/mol. The van der Waals surface area contributed by atoms with Gasteiger partial charge in [0.05, 0.1) is 17.1 Å². The topological polar surface area (TPSA) is 56.5 Å². The van der Waals surface area contributed by atoms with Gasteiger partial charge in [-0.05, 0) is 54.4 Å². The molecule has 4 aromatic carbocycles. The summed E-state index contributed by atoms with van der Waals surface area (Å²) < 4.78 is 8.36. The van der Waals surface area contributed by atoms with Crippen molar-refractivity contribution in [2.24, 2.45) is 5.10 Å². The molecule has 0 amide bonds. The van der Waals surface area contributed by atoms with E-state index in [0.29, 0.717) is 29.1 Å². The van der Waals surface area contributed by atoms with E-state index < -0.39 is 0 Å². The summed E-state index contributed by atoms with van der Waals surface area (Å²) >= 11 is 3.43. The Balaban J connectivity index is 1.58. The molecule has 0 spiro atoms. The summed E-state index contributed by atoms with van der Waals surface area (Å²) in [5, 5.41) is 7.12. The zero-order valence-electron chi connectivity index (χ0n) is 18.8. The maximum absolute atomic E-state index is 13.2. The number of aryl methyl sites for hydroxylation is 2. The molecule has 0 atom stereocenters. The van der Waals surface area contributed by atoms with E-state index in [4.69, 9.17) is 4.74 Å². The summed E-state index contributed by atoms with van der Waals surface area (Å²) in [6, 6.07) is 25.8.